The Hall–Kier alpha value is -1.61. The minimum absolute atomic E-state index is 0.0969. The highest BCUT2D eigenvalue weighted by Gasteiger charge is 2.21. The van der Waals surface area contributed by atoms with E-state index in [4.69, 9.17) is 5.73 Å². The molecule has 18 heavy (non-hydrogen) atoms. The van der Waals surface area contributed by atoms with Gasteiger partial charge in [0.1, 0.15) is 5.82 Å². The summed E-state index contributed by atoms with van der Waals surface area (Å²) in [5, 5.41) is 0. The van der Waals surface area contributed by atoms with Gasteiger partial charge in [0.25, 0.3) is 0 Å². The van der Waals surface area contributed by atoms with Gasteiger partial charge in [0, 0.05) is 18.4 Å². The highest BCUT2D eigenvalue weighted by atomic mass is 15.1. The molecular weight excluding hydrogens is 222 g/mol. The number of nitrogens with zero attached hydrogens (tertiary/aromatic N) is 2. The SMILES string of the molecule is CCC(N)C(c1cccc(C)c1)n1ccnc1C. The van der Waals surface area contributed by atoms with Crippen molar-refractivity contribution in [2.24, 2.45) is 5.73 Å². The fourth-order valence-electron chi connectivity index (χ4n) is 2.37. The van der Waals surface area contributed by atoms with Gasteiger partial charge in [0.2, 0.25) is 0 Å². The molecule has 0 amide bonds. The van der Waals surface area contributed by atoms with Gasteiger partial charge >= 0.3 is 0 Å². The van der Waals surface area contributed by atoms with Crippen molar-refractivity contribution >= 4 is 0 Å². The predicted octanol–water partition coefficient (Wildman–Crippen LogP) is 2.83. The van der Waals surface area contributed by atoms with E-state index in [1.54, 1.807) is 0 Å². The first-order valence-corrected chi connectivity index (χ1v) is 6.45. The van der Waals surface area contributed by atoms with Crippen LogP contribution in [0.1, 0.15) is 36.3 Å². The molecule has 0 aliphatic carbocycles. The van der Waals surface area contributed by atoms with Gasteiger partial charge in [-0.1, -0.05) is 36.8 Å². The summed E-state index contributed by atoms with van der Waals surface area (Å²) in [5.74, 6) is 1.01. The summed E-state index contributed by atoms with van der Waals surface area (Å²) in [4.78, 5) is 4.31. The molecule has 2 aromatic rings. The van der Waals surface area contributed by atoms with Crippen LogP contribution in [0.15, 0.2) is 36.7 Å². The van der Waals surface area contributed by atoms with E-state index in [1.165, 1.54) is 11.1 Å². The van der Waals surface area contributed by atoms with Gasteiger partial charge in [-0.15, -0.1) is 0 Å². The molecule has 1 aromatic heterocycles. The van der Waals surface area contributed by atoms with E-state index >= 15 is 0 Å². The number of rotatable bonds is 4. The molecule has 0 radical (unpaired) electrons. The van der Waals surface area contributed by atoms with Crippen molar-refractivity contribution in [2.45, 2.75) is 39.3 Å². The van der Waals surface area contributed by atoms with Crippen molar-refractivity contribution in [1.82, 2.24) is 9.55 Å². The first-order chi connectivity index (χ1) is 8.63. The van der Waals surface area contributed by atoms with Gasteiger partial charge in [-0.25, -0.2) is 4.98 Å². The van der Waals surface area contributed by atoms with Gasteiger partial charge in [-0.2, -0.15) is 0 Å². The molecule has 2 atom stereocenters. The lowest BCUT2D eigenvalue weighted by Gasteiger charge is -2.26. The normalized spacial score (nSPS) is 14.4. The Kier molecular flexibility index (Phi) is 3.82. The zero-order chi connectivity index (χ0) is 13.1. The van der Waals surface area contributed by atoms with Crippen molar-refractivity contribution in [3.05, 3.63) is 53.6 Å². The molecule has 3 heteroatoms. The van der Waals surface area contributed by atoms with Crippen LogP contribution < -0.4 is 5.73 Å². The average Bonchev–Trinajstić information content (AvgIpc) is 2.76. The van der Waals surface area contributed by atoms with Crippen molar-refractivity contribution in [1.29, 1.82) is 0 Å². The Labute approximate surface area is 109 Å². The summed E-state index contributed by atoms with van der Waals surface area (Å²) in [6.45, 7) is 6.25. The lowest BCUT2D eigenvalue weighted by Crippen LogP contribution is -2.32. The zero-order valence-corrected chi connectivity index (χ0v) is 11.3. The fourth-order valence-corrected chi connectivity index (χ4v) is 2.37. The molecule has 0 aliphatic heterocycles. The van der Waals surface area contributed by atoms with Crippen LogP contribution in [0.25, 0.3) is 0 Å². The van der Waals surface area contributed by atoms with Gasteiger partial charge in [0.05, 0.1) is 6.04 Å². The van der Waals surface area contributed by atoms with Crippen LogP contribution in [0.3, 0.4) is 0 Å². The van der Waals surface area contributed by atoms with Crippen LogP contribution in [-0.2, 0) is 0 Å². The number of aromatic nitrogens is 2. The van der Waals surface area contributed by atoms with Crippen molar-refractivity contribution in [2.75, 3.05) is 0 Å². The van der Waals surface area contributed by atoms with Gasteiger partial charge in [0.15, 0.2) is 0 Å². The number of nitrogens with two attached hydrogens (primary N) is 1. The standard InChI is InChI=1S/C15H21N3/c1-4-14(16)15(18-9-8-17-12(18)3)13-7-5-6-11(2)10-13/h5-10,14-15H,4,16H2,1-3H3. The van der Waals surface area contributed by atoms with E-state index in [0.717, 1.165) is 12.2 Å². The number of imidazole rings is 1. The van der Waals surface area contributed by atoms with Gasteiger partial charge in [-0.05, 0) is 25.8 Å². The second-order valence-corrected chi connectivity index (χ2v) is 4.81. The Balaban J connectivity index is 2.47. The number of benzene rings is 1. The first kappa shape index (κ1) is 12.8. The molecule has 0 saturated carbocycles. The fraction of sp³-hybridized carbons (Fsp3) is 0.400. The third-order valence-electron chi connectivity index (χ3n) is 3.42. The van der Waals surface area contributed by atoms with Gasteiger partial charge < -0.3 is 10.3 Å². The van der Waals surface area contributed by atoms with Crippen LogP contribution in [0.2, 0.25) is 0 Å². The van der Waals surface area contributed by atoms with E-state index < -0.39 is 0 Å². The third-order valence-corrected chi connectivity index (χ3v) is 3.42. The highest BCUT2D eigenvalue weighted by Crippen LogP contribution is 2.24. The van der Waals surface area contributed by atoms with E-state index in [1.807, 2.05) is 19.3 Å². The number of hydrogen-bond acceptors (Lipinski definition) is 2. The second-order valence-electron chi connectivity index (χ2n) is 4.81. The van der Waals surface area contributed by atoms with Crippen LogP contribution in [0, 0.1) is 13.8 Å². The summed E-state index contributed by atoms with van der Waals surface area (Å²) in [6, 6.07) is 8.81. The molecule has 3 nitrogen and oxygen atoms in total. The molecule has 1 aromatic carbocycles. The first-order valence-electron chi connectivity index (χ1n) is 6.45. The Morgan fingerprint density at radius 1 is 1.33 bits per heavy atom. The van der Waals surface area contributed by atoms with Crippen LogP contribution in [0.4, 0.5) is 0 Å². The topological polar surface area (TPSA) is 43.8 Å². The highest BCUT2D eigenvalue weighted by molar-refractivity contribution is 5.27. The summed E-state index contributed by atoms with van der Waals surface area (Å²) in [7, 11) is 0. The molecule has 0 spiro atoms. The second kappa shape index (κ2) is 5.36. The van der Waals surface area contributed by atoms with Crippen LogP contribution in [0.5, 0.6) is 0 Å². The minimum atomic E-state index is 0.0969. The van der Waals surface area contributed by atoms with Gasteiger partial charge in [-0.3, -0.25) is 0 Å². The smallest absolute Gasteiger partial charge is 0.106 e. The Bertz CT molecular complexity index is 516. The van der Waals surface area contributed by atoms with E-state index in [9.17, 15) is 0 Å². The maximum absolute atomic E-state index is 6.31. The minimum Gasteiger partial charge on any atom is -0.326 e. The van der Waals surface area contributed by atoms with Crippen molar-refractivity contribution < 1.29 is 0 Å². The summed E-state index contributed by atoms with van der Waals surface area (Å²) >= 11 is 0. The molecule has 0 bridgehead atoms. The molecule has 2 N–H and O–H groups in total. The third kappa shape index (κ3) is 2.46. The van der Waals surface area contributed by atoms with Crippen molar-refractivity contribution in [3.63, 3.8) is 0 Å². The zero-order valence-electron chi connectivity index (χ0n) is 11.3. The predicted molar refractivity (Wildman–Crippen MR) is 74.5 cm³/mol. The largest absolute Gasteiger partial charge is 0.326 e. The summed E-state index contributed by atoms with van der Waals surface area (Å²) in [6.07, 6.45) is 4.79. The lowest BCUT2D eigenvalue weighted by molar-refractivity contribution is 0.451. The monoisotopic (exact) mass is 243 g/mol. The number of aryl methyl sites for hydroxylation is 2. The molecule has 0 fully saturated rings. The molecular formula is C15H21N3. The molecule has 2 rings (SSSR count). The van der Waals surface area contributed by atoms with E-state index in [2.05, 4.69) is 47.7 Å². The quantitative estimate of drug-likeness (QED) is 0.897. The molecule has 2 unspecified atom stereocenters. The van der Waals surface area contributed by atoms with Crippen LogP contribution in [-0.4, -0.2) is 15.6 Å². The van der Waals surface area contributed by atoms with Crippen molar-refractivity contribution in [3.8, 4) is 0 Å². The van der Waals surface area contributed by atoms with Crippen LogP contribution >= 0.6 is 0 Å². The number of hydrogen-bond donors (Lipinski definition) is 1. The molecule has 0 aliphatic rings. The Morgan fingerprint density at radius 2 is 2.11 bits per heavy atom. The summed E-state index contributed by atoms with van der Waals surface area (Å²) in [5.41, 5.74) is 8.83. The maximum Gasteiger partial charge on any atom is 0.106 e. The molecule has 1 heterocycles. The molecule has 0 saturated heterocycles. The lowest BCUT2D eigenvalue weighted by atomic mass is 9.96. The maximum atomic E-state index is 6.31. The Morgan fingerprint density at radius 3 is 2.67 bits per heavy atom. The molecule has 96 valence electrons. The van der Waals surface area contributed by atoms with E-state index in [0.29, 0.717) is 0 Å². The average molecular weight is 243 g/mol. The summed E-state index contributed by atoms with van der Waals surface area (Å²) < 4.78 is 2.17. The van der Waals surface area contributed by atoms with E-state index in [-0.39, 0.29) is 12.1 Å².